The summed E-state index contributed by atoms with van der Waals surface area (Å²) < 4.78 is 19.2. The first kappa shape index (κ1) is 18.6. The van der Waals surface area contributed by atoms with Crippen molar-refractivity contribution in [2.45, 2.75) is 12.5 Å². The van der Waals surface area contributed by atoms with Crippen LogP contribution >= 0.6 is 31.9 Å². The average Bonchev–Trinajstić information content (AvgIpc) is 2.54. The Hall–Kier alpha value is -1.73. The van der Waals surface area contributed by atoms with Crippen molar-refractivity contribution in [1.29, 1.82) is 0 Å². The van der Waals surface area contributed by atoms with E-state index in [1.165, 1.54) is 19.2 Å². The number of rotatable bonds is 5. The molecule has 2 rings (SSSR count). The Labute approximate surface area is 155 Å². The third-order valence-electron chi connectivity index (χ3n) is 3.27. The lowest BCUT2D eigenvalue weighted by molar-refractivity contribution is -0.142. The van der Waals surface area contributed by atoms with Gasteiger partial charge in [-0.2, -0.15) is 0 Å². The third-order valence-corrected chi connectivity index (χ3v) is 4.18. The lowest BCUT2D eigenvalue weighted by Crippen LogP contribution is -2.43. The van der Waals surface area contributed by atoms with Crippen molar-refractivity contribution in [3.63, 3.8) is 0 Å². The molecular weight excluding hydrogens is 445 g/mol. The molecule has 0 unspecified atom stereocenters. The van der Waals surface area contributed by atoms with Crippen molar-refractivity contribution in [1.82, 2.24) is 5.32 Å². The van der Waals surface area contributed by atoms with Gasteiger partial charge >= 0.3 is 5.97 Å². The Bertz CT molecular complexity index is 730. The van der Waals surface area contributed by atoms with Crippen LogP contribution in [0.2, 0.25) is 0 Å². The third kappa shape index (κ3) is 5.14. The van der Waals surface area contributed by atoms with Gasteiger partial charge in [-0.25, -0.2) is 9.18 Å². The van der Waals surface area contributed by atoms with Crippen LogP contribution in [0.3, 0.4) is 0 Å². The molecule has 0 saturated carbocycles. The number of halogens is 3. The molecule has 0 fully saturated rings. The van der Waals surface area contributed by atoms with Crippen LogP contribution in [0.15, 0.2) is 51.4 Å². The highest BCUT2D eigenvalue weighted by Crippen LogP contribution is 2.20. The van der Waals surface area contributed by atoms with Crippen LogP contribution in [0.1, 0.15) is 15.9 Å². The second-order valence-corrected chi connectivity index (χ2v) is 6.87. The predicted octanol–water partition coefficient (Wildman–Crippen LogP) is 3.86. The number of methoxy groups -OCH3 is 1. The number of carbonyl (C=O) groups excluding carboxylic acids is 2. The van der Waals surface area contributed by atoms with Crippen LogP contribution in [0.25, 0.3) is 0 Å². The molecule has 24 heavy (non-hydrogen) atoms. The fraction of sp³-hybridized carbons (Fsp3) is 0.176. The molecule has 0 bridgehead atoms. The van der Waals surface area contributed by atoms with Gasteiger partial charge in [-0.15, -0.1) is 0 Å². The summed E-state index contributed by atoms with van der Waals surface area (Å²) in [5, 5.41) is 2.65. The molecule has 1 atom stereocenters. The Morgan fingerprint density at radius 2 is 1.71 bits per heavy atom. The standard InChI is InChI=1S/C17H14Br2FNO3/c1-24-17(23)15(6-10-2-4-14(20)5-3-10)21-16(22)11-7-12(18)9-13(19)8-11/h2-5,7-9,15H,6H2,1H3,(H,21,22)/t15-/m0/s1. The number of hydrogen-bond donors (Lipinski definition) is 1. The zero-order valence-electron chi connectivity index (χ0n) is 12.7. The average molecular weight is 459 g/mol. The van der Waals surface area contributed by atoms with Crippen molar-refractivity contribution in [2.24, 2.45) is 0 Å². The van der Waals surface area contributed by atoms with E-state index < -0.39 is 17.9 Å². The Kier molecular flexibility index (Phi) is 6.51. The number of nitrogens with one attached hydrogen (secondary N) is 1. The molecular formula is C17H14Br2FNO3. The number of hydrogen-bond acceptors (Lipinski definition) is 3. The van der Waals surface area contributed by atoms with Gasteiger partial charge in [0.1, 0.15) is 11.9 Å². The van der Waals surface area contributed by atoms with Crippen molar-refractivity contribution < 1.29 is 18.7 Å². The Morgan fingerprint density at radius 1 is 1.12 bits per heavy atom. The monoisotopic (exact) mass is 457 g/mol. The minimum Gasteiger partial charge on any atom is -0.467 e. The molecule has 0 aliphatic heterocycles. The molecule has 4 nitrogen and oxygen atoms in total. The first-order chi connectivity index (χ1) is 11.4. The fourth-order valence-corrected chi connectivity index (χ4v) is 3.41. The van der Waals surface area contributed by atoms with Gasteiger partial charge in [0.15, 0.2) is 0 Å². The second kappa shape index (κ2) is 8.39. The van der Waals surface area contributed by atoms with Crippen LogP contribution in [0, 0.1) is 5.82 Å². The Balaban J connectivity index is 2.17. The number of carbonyl (C=O) groups is 2. The van der Waals surface area contributed by atoms with Gasteiger partial charge in [-0.05, 0) is 35.9 Å². The van der Waals surface area contributed by atoms with Crippen molar-refractivity contribution in [2.75, 3.05) is 7.11 Å². The van der Waals surface area contributed by atoms with E-state index in [2.05, 4.69) is 37.2 Å². The summed E-state index contributed by atoms with van der Waals surface area (Å²) in [7, 11) is 1.25. The highest BCUT2D eigenvalue weighted by Gasteiger charge is 2.23. The molecule has 0 heterocycles. The first-order valence-electron chi connectivity index (χ1n) is 6.98. The molecule has 0 radical (unpaired) electrons. The van der Waals surface area contributed by atoms with Gasteiger partial charge in [-0.3, -0.25) is 4.79 Å². The van der Waals surface area contributed by atoms with Crippen LogP contribution in [0.5, 0.6) is 0 Å². The quantitative estimate of drug-likeness (QED) is 0.692. The molecule has 0 spiro atoms. The van der Waals surface area contributed by atoms with Gasteiger partial charge in [0.25, 0.3) is 5.91 Å². The topological polar surface area (TPSA) is 55.4 Å². The van der Waals surface area contributed by atoms with E-state index in [0.29, 0.717) is 11.1 Å². The highest BCUT2D eigenvalue weighted by atomic mass is 79.9. The van der Waals surface area contributed by atoms with Gasteiger partial charge in [0.2, 0.25) is 0 Å². The lowest BCUT2D eigenvalue weighted by atomic mass is 10.1. The van der Waals surface area contributed by atoms with Crippen LogP contribution in [0.4, 0.5) is 4.39 Å². The SMILES string of the molecule is COC(=O)[C@H](Cc1ccc(F)cc1)NC(=O)c1cc(Br)cc(Br)c1. The minimum atomic E-state index is -0.870. The van der Waals surface area contributed by atoms with Gasteiger partial charge in [-0.1, -0.05) is 44.0 Å². The van der Waals surface area contributed by atoms with Crippen molar-refractivity contribution >= 4 is 43.7 Å². The maximum Gasteiger partial charge on any atom is 0.328 e. The number of benzene rings is 2. The molecule has 2 aromatic carbocycles. The zero-order chi connectivity index (χ0) is 17.7. The number of esters is 1. The number of amides is 1. The minimum absolute atomic E-state index is 0.202. The normalized spacial score (nSPS) is 11.7. The molecule has 0 aromatic heterocycles. The molecule has 0 aliphatic rings. The zero-order valence-corrected chi connectivity index (χ0v) is 15.9. The molecule has 1 N–H and O–H groups in total. The maximum absolute atomic E-state index is 13.0. The summed E-state index contributed by atoms with van der Waals surface area (Å²) in [4.78, 5) is 24.4. The largest absolute Gasteiger partial charge is 0.467 e. The van der Waals surface area contributed by atoms with E-state index in [0.717, 1.165) is 8.95 Å². The van der Waals surface area contributed by atoms with E-state index in [1.54, 1.807) is 30.3 Å². The van der Waals surface area contributed by atoms with Crippen LogP contribution in [-0.2, 0) is 16.0 Å². The Morgan fingerprint density at radius 3 is 2.25 bits per heavy atom. The van der Waals surface area contributed by atoms with Crippen LogP contribution < -0.4 is 5.32 Å². The van der Waals surface area contributed by atoms with Gasteiger partial charge < -0.3 is 10.1 Å². The van der Waals surface area contributed by atoms with E-state index in [4.69, 9.17) is 4.74 Å². The van der Waals surface area contributed by atoms with E-state index >= 15 is 0 Å². The van der Waals surface area contributed by atoms with Crippen LogP contribution in [-0.4, -0.2) is 25.0 Å². The summed E-state index contributed by atoms with van der Waals surface area (Å²) in [6, 6.07) is 9.95. The lowest BCUT2D eigenvalue weighted by Gasteiger charge is -2.17. The summed E-state index contributed by atoms with van der Waals surface area (Å²) in [5.41, 5.74) is 1.10. The summed E-state index contributed by atoms with van der Waals surface area (Å²) >= 11 is 6.63. The van der Waals surface area contributed by atoms with Gasteiger partial charge in [0, 0.05) is 20.9 Å². The number of ether oxygens (including phenoxy) is 1. The summed E-state index contributed by atoms with van der Waals surface area (Å²) in [6.07, 6.45) is 0.202. The smallest absolute Gasteiger partial charge is 0.328 e. The fourth-order valence-electron chi connectivity index (χ4n) is 2.12. The van der Waals surface area contributed by atoms with E-state index in [1.807, 2.05) is 0 Å². The van der Waals surface area contributed by atoms with E-state index in [-0.39, 0.29) is 12.2 Å². The van der Waals surface area contributed by atoms with E-state index in [9.17, 15) is 14.0 Å². The van der Waals surface area contributed by atoms with Crippen molar-refractivity contribution in [3.05, 3.63) is 68.4 Å². The molecule has 7 heteroatoms. The maximum atomic E-state index is 13.0. The molecule has 1 amide bonds. The van der Waals surface area contributed by atoms with Crippen molar-refractivity contribution in [3.8, 4) is 0 Å². The first-order valence-corrected chi connectivity index (χ1v) is 8.57. The predicted molar refractivity (Wildman–Crippen MR) is 95.2 cm³/mol. The highest BCUT2D eigenvalue weighted by molar-refractivity contribution is 9.11. The van der Waals surface area contributed by atoms with Gasteiger partial charge in [0.05, 0.1) is 7.11 Å². The summed E-state index contributed by atoms with van der Waals surface area (Å²) in [6.45, 7) is 0. The molecule has 0 aliphatic carbocycles. The second-order valence-electron chi connectivity index (χ2n) is 5.04. The summed E-state index contributed by atoms with van der Waals surface area (Å²) in [5.74, 6) is -1.34. The molecule has 126 valence electrons. The molecule has 2 aromatic rings. The molecule has 0 saturated heterocycles.